The Hall–Kier alpha value is -6.65. The van der Waals surface area contributed by atoms with Gasteiger partial charge in [0.15, 0.2) is 0 Å². The van der Waals surface area contributed by atoms with E-state index in [0.717, 1.165) is 22.5 Å². The van der Waals surface area contributed by atoms with Crippen LogP contribution in [0.25, 0.3) is 38.3 Å². The monoisotopic (exact) mass is 722 g/mol. The number of para-hydroxylation sites is 2. The lowest BCUT2D eigenvalue weighted by Gasteiger charge is -2.30. The summed E-state index contributed by atoms with van der Waals surface area (Å²) in [6.07, 6.45) is 8.91. The van der Waals surface area contributed by atoms with Gasteiger partial charge in [0.1, 0.15) is 6.17 Å². The summed E-state index contributed by atoms with van der Waals surface area (Å²) in [7, 11) is 0. The molecule has 7 aromatic carbocycles. The van der Waals surface area contributed by atoms with Crippen molar-refractivity contribution >= 4 is 55.4 Å². The fraction of sp³-hybridized carbons (Fsp3) is 0.135. The zero-order valence-electron chi connectivity index (χ0n) is 31.8. The van der Waals surface area contributed by atoms with E-state index in [0.29, 0.717) is 0 Å². The highest BCUT2D eigenvalue weighted by molar-refractivity contribution is 6.20. The summed E-state index contributed by atoms with van der Waals surface area (Å²) >= 11 is 0. The van der Waals surface area contributed by atoms with Gasteiger partial charge >= 0.3 is 0 Å². The number of hydrogen-bond acceptors (Lipinski definition) is 3. The van der Waals surface area contributed by atoms with Crippen molar-refractivity contribution in [3.05, 3.63) is 204 Å². The number of aromatic nitrogens is 1. The van der Waals surface area contributed by atoms with Crippen molar-refractivity contribution in [2.45, 2.75) is 44.3 Å². The Balaban J connectivity index is 1.00. The molecule has 8 aromatic rings. The Labute approximate surface area is 327 Å². The van der Waals surface area contributed by atoms with Crippen LogP contribution in [-0.4, -0.2) is 16.3 Å². The molecule has 0 saturated heterocycles. The summed E-state index contributed by atoms with van der Waals surface area (Å²) in [4.78, 5) is 7.99. The number of aliphatic imine (C=N–C) groups is 1. The summed E-state index contributed by atoms with van der Waals surface area (Å²) in [5.41, 5.74) is 14.3. The van der Waals surface area contributed by atoms with E-state index in [4.69, 9.17) is 4.99 Å². The van der Waals surface area contributed by atoms with Crippen LogP contribution in [-0.2, 0) is 5.41 Å². The van der Waals surface area contributed by atoms with Gasteiger partial charge in [0.25, 0.3) is 0 Å². The maximum Gasteiger partial charge on any atom is 0.145 e. The maximum atomic E-state index is 5.47. The van der Waals surface area contributed by atoms with Gasteiger partial charge < -0.3 is 14.8 Å². The highest BCUT2D eigenvalue weighted by atomic mass is 15.2. The van der Waals surface area contributed by atoms with Gasteiger partial charge in [-0.1, -0.05) is 154 Å². The molecule has 56 heavy (non-hydrogen) atoms. The first kappa shape index (κ1) is 32.8. The van der Waals surface area contributed by atoms with Crippen molar-refractivity contribution in [2.75, 3.05) is 10.2 Å². The number of hydrogen-bond donors (Lipinski definition) is 1. The first-order chi connectivity index (χ1) is 27.4. The minimum atomic E-state index is -0.209. The highest BCUT2D eigenvalue weighted by Gasteiger charge is 2.38. The molecule has 0 bridgehead atoms. The van der Waals surface area contributed by atoms with Gasteiger partial charge in [-0.2, -0.15) is 0 Å². The average molecular weight is 723 g/mol. The molecule has 3 unspecified atom stereocenters. The van der Waals surface area contributed by atoms with Crippen molar-refractivity contribution < 1.29 is 0 Å². The molecule has 4 nitrogen and oxygen atoms in total. The second-order valence-corrected chi connectivity index (χ2v) is 16.4. The van der Waals surface area contributed by atoms with Crippen LogP contribution >= 0.6 is 0 Å². The van der Waals surface area contributed by atoms with Crippen LogP contribution in [0.15, 0.2) is 181 Å². The smallest absolute Gasteiger partial charge is 0.145 e. The Morgan fingerprint density at radius 2 is 1.30 bits per heavy atom. The number of anilines is 3. The van der Waals surface area contributed by atoms with E-state index in [2.05, 4.69) is 212 Å². The van der Waals surface area contributed by atoms with Gasteiger partial charge in [-0.25, -0.2) is 0 Å². The number of nitrogens with zero attached hydrogens (tertiary/aromatic N) is 3. The van der Waals surface area contributed by atoms with Crippen molar-refractivity contribution in [3.8, 4) is 5.69 Å². The lowest BCUT2D eigenvalue weighted by molar-refractivity contribution is 0.588. The number of benzene rings is 7. The SMILES string of the molecule is CC(C)(C)c1cccc(C2N=C(c3ccc(N4c5ccc(-n6c7ccccc7c7ccccc76)cc5C5C=CC=CC54)cc3)c3ccc4ccccc4c3N2)c1. The van der Waals surface area contributed by atoms with Gasteiger partial charge in [-0.05, 0) is 70.0 Å². The lowest BCUT2D eigenvalue weighted by Crippen LogP contribution is -2.28. The summed E-state index contributed by atoms with van der Waals surface area (Å²) in [6, 6.07) is 55.9. The van der Waals surface area contributed by atoms with Crippen LogP contribution < -0.4 is 10.2 Å². The minimum Gasteiger partial charge on any atom is -0.359 e. The van der Waals surface area contributed by atoms with Crippen LogP contribution in [0.1, 0.15) is 60.7 Å². The van der Waals surface area contributed by atoms with Gasteiger partial charge in [0, 0.05) is 50.3 Å². The molecule has 4 heteroatoms. The second-order valence-electron chi connectivity index (χ2n) is 16.4. The van der Waals surface area contributed by atoms with Crippen LogP contribution in [0, 0.1) is 0 Å². The fourth-order valence-electron chi connectivity index (χ4n) is 9.30. The van der Waals surface area contributed by atoms with E-state index in [1.165, 1.54) is 66.3 Å². The predicted octanol–water partition coefficient (Wildman–Crippen LogP) is 12.9. The summed E-state index contributed by atoms with van der Waals surface area (Å²) in [5.74, 6) is 0.251. The first-order valence-electron chi connectivity index (χ1n) is 19.7. The topological polar surface area (TPSA) is 32.6 Å². The van der Waals surface area contributed by atoms with E-state index < -0.39 is 0 Å². The van der Waals surface area contributed by atoms with E-state index in [9.17, 15) is 0 Å². The fourth-order valence-corrected chi connectivity index (χ4v) is 9.30. The molecule has 270 valence electrons. The normalized spacial score (nSPS) is 18.5. The van der Waals surface area contributed by atoms with Crippen molar-refractivity contribution in [3.63, 3.8) is 0 Å². The van der Waals surface area contributed by atoms with E-state index >= 15 is 0 Å². The quantitative estimate of drug-likeness (QED) is 0.196. The molecule has 0 amide bonds. The summed E-state index contributed by atoms with van der Waals surface area (Å²) in [5, 5.41) is 8.85. The molecule has 1 aromatic heterocycles. The zero-order chi connectivity index (χ0) is 37.5. The molecular formula is C52H42N4. The molecule has 2 aliphatic heterocycles. The first-order valence-corrected chi connectivity index (χ1v) is 19.7. The summed E-state index contributed by atoms with van der Waals surface area (Å²) in [6.45, 7) is 6.81. The number of nitrogens with one attached hydrogen (secondary N) is 1. The van der Waals surface area contributed by atoms with Crippen LogP contribution in [0.3, 0.4) is 0 Å². The van der Waals surface area contributed by atoms with Gasteiger partial charge in [-0.3, -0.25) is 4.99 Å². The third-order valence-electron chi connectivity index (χ3n) is 12.1. The number of fused-ring (bicyclic) bond motifs is 9. The molecule has 11 rings (SSSR count). The molecule has 1 aliphatic carbocycles. The third kappa shape index (κ3) is 5.09. The van der Waals surface area contributed by atoms with Crippen molar-refractivity contribution in [2.24, 2.45) is 4.99 Å². The Morgan fingerprint density at radius 3 is 2.07 bits per heavy atom. The van der Waals surface area contributed by atoms with Crippen molar-refractivity contribution in [1.82, 2.24) is 4.57 Å². The molecule has 3 heterocycles. The van der Waals surface area contributed by atoms with Crippen molar-refractivity contribution in [1.29, 1.82) is 0 Å². The maximum absolute atomic E-state index is 5.47. The highest BCUT2D eigenvalue weighted by Crippen LogP contribution is 2.49. The number of allylic oxidation sites excluding steroid dienone is 2. The van der Waals surface area contributed by atoms with E-state index in [1.807, 2.05) is 0 Å². The van der Waals surface area contributed by atoms with Gasteiger partial charge in [-0.15, -0.1) is 0 Å². The molecular weight excluding hydrogens is 681 g/mol. The molecule has 3 aliphatic rings. The predicted molar refractivity (Wildman–Crippen MR) is 235 cm³/mol. The Kier molecular flexibility index (Phi) is 7.28. The number of rotatable bonds is 4. The van der Waals surface area contributed by atoms with Crippen LogP contribution in [0.5, 0.6) is 0 Å². The average Bonchev–Trinajstić information content (AvgIpc) is 3.75. The van der Waals surface area contributed by atoms with Crippen LogP contribution in [0.2, 0.25) is 0 Å². The molecule has 0 fully saturated rings. The molecule has 3 atom stereocenters. The zero-order valence-corrected chi connectivity index (χ0v) is 31.8. The second kappa shape index (κ2) is 12.4. The van der Waals surface area contributed by atoms with E-state index in [1.54, 1.807) is 0 Å². The minimum absolute atomic E-state index is 0.0424. The molecule has 0 spiro atoms. The Morgan fingerprint density at radius 1 is 0.607 bits per heavy atom. The Bertz CT molecular complexity index is 2900. The third-order valence-corrected chi connectivity index (χ3v) is 12.1. The lowest BCUT2D eigenvalue weighted by atomic mass is 9.85. The summed E-state index contributed by atoms with van der Waals surface area (Å²) < 4.78 is 2.42. The molecule has 0 saturated carbocycles. The van der Waals surface area contributed by atoms with Gasteiger partial charge in [0.2, 0.25) is 0 Å². The van der Waals surface area contributed by atoms with E-state index in [-0.39, 0.29) is 23.5 Å². The van der Waals surface area contributed by atoms with Gasteiger partial charge in [0.05, 0.1) is 28.5 Å². The standard InChI is InChI=1S/C52H42N4/c1-52(2,3)36-15-12-14-35(31-36)51-53-49(43-29-25-33-13-4-5-16-39(33)50(43)54-51)34-23-26-37(27-24-34)55-47-22-11-8-19-42(47)44-32-38(28-30-48(44)55)56-45-20-9-6-17-40(45)41-18-7-10-21-46(41)56/h4-32,42,47,51,54H,1-3H3. The van der Waals surface area contributed by atoms with Crippen LogP contribution in [0.4, 0.5) is 17.1 Å². The largest absolute Gasteiger partial charge is 0.359 e. The molecule has 1 N–H and O–H groups in total. The molecule has 0 radical (unpaired) electrons.